The van der Waals surface area contributed by atoms with Crippen molar-refractivity contribution in [3.05, 3.63) is 78.3 Å². The maximum Gasteiger partial charge on any atom is 0.244 e. The minimum absolute atomic E-state index is 0.139. The molecule has 3 aromatic rings. The number of aromatic nitrogens is 3. The van der Waals surface area contributed by atoms with Crippen molar-refractivity contribution < 1.29 is 4.79 Å². The van der Waals surface area contributed by atoms with Crippen molar-refractivity contribution in [2.45, 2.75) is 6.54 Å². The van der Waals surface area contributed by atoms with Gasteiger partial charge in [0.05, 0.1) is 11.9 Å². The van der Waals surface area contributed by atoms with E-state index in [0.29, 0.717) is 6.54 Å². The first-order chi connectivity index (χ1) is 11.7. The van der Waals surface area contributed by atoms with Crippen LogP contribution in [0.5, 0.6) is 0 Å². The van der Waals surface area contributed by atoms with E-state index in [0.717, 1.165) is 22.4 Å². The second-order valence-corrected chi connectivity index (χ2v) is 5.38. The van der Waals surface area contributed by atoms with Gasteiger partial charge in [-0.3, -0.25) is 14.5 Å². The average molecular weight is 318 g/mol. The molecule has 0 saturated carbocycles. The van der Waals surface area contributed by atoms with Gasteiger partial charge in [-0.25, -0.2) is 0 Å². The molecule has 3 rings (SSSR count). The zero-order valence-corrected chi connectivity index (χ0v) is 13.4. The van der Waals surface area contributed by atoms with Gasteiger partial charge >= 0.3 is 0 Å². The molecule has 5 nitrogen and oxygen atoms in total. The van der Waals surface area contributed by atoms with Gasteiger partial charge < -0.3 is 5.32 Å². The van der Waals surface area contributed by atoms with Gasteiger partial charge in [0.2, 0.25) is 5.91 Å². The van der Waals surface area contributed by atoms with Gasteiger partial charge in [0.25, 0.3) is 0 Å². The molecule has 0 aliphatic carbocycles. The van der Waals surface area contributed by atoms with Crippen molar-refractivity contribution in [2.24, 2.45) is 7.05 Å². The van der Waals surface area contributed by atoms with Crippen molar-refractivity contribution in [1.29, 1.82) is 0 Å². The lowest BCUT2D eigenvalue weighted by atomic mass is 10.1. The Balaban J connectivity index is 1.67. The second kappa shape index (κ2) is 7.37. The number of benzene rings is 1. The van der Waals surface area contributed by atoms with Crippen LogP contribution in [0.1, 0.15) is 11.1 Å². The van der Waals surface area contributed by atoms with Gasteiger partial charge in [-0.05, 0) is 23.3 Å². The fourth-order valence-electron chi connectivity index (χ4n) is 2.36. The Morgan fingerprint density at radius 1 is 1.21 bits per heavy atom. The highest BCUT2D eigenvalue weighted by Gasteiger charge is 2.08. The monoisotopic (exact) mass is 318 g/mol. The molecule has 0 fully saturated rings. The van der Waals surface area contributed by atoms with Crippen molar-refractivity contribution in [3.8, 4) is 11.3 Å². The van der Waals surface area contributed by atoms with E-state index in [-0.39, 0.29) is 5.91 Å². The lowest BCUT2D eigenvalue weighted by Crippen LogP contribution is -2.20. The Morgan fingerprint density at radius 3 is 2.79 bits per heavy atom. The summed E-state index contributed by atoms with van der Waals surface area (Å²) in [4.78, 5) is 16.4. The third kappa shape index (κ3) is 3.95. The Kier molecular flexibility index (Phi) is 4.81. The van der Waals surface area contributed by atoms with Crippen LogP contribution in [-0.2, 0) is 18.4 Å². The lowest BCUT2D eigenvalue weighted by Gasteiger charge is -2.07. The van der Waals surface area contributed by atoms with Gasteiger partial charge in [0, 0.05) is 37.6 Å². The summed E-state index contributed by atoms with van der Waals surface area (Å²) < 4.78 is 1.73. The van der Waals surface area contributed by atoms with E-state index in [1.54, 1.807) is 23.2 Å². The Labute approximate surface area is 140 Å². The van der Waals surface area contributed by atoms with E-state index in [1.807, 2.05) is 55.7 Å². The fourth-order valence-corrected chi connectivity index (χ4v) is 2.36. The maximum atomic E-state index is 12.0. The highest BCUT2D eigenvalue weighted by Crippen LogP contribution is 2.20. The molecule has 0 bridgehead atoms. The van der Waals surface area contributed by atoms with E-state index in [4.69, 9.17) is 0 Å². The summed E-state index contributed by atoms with van der Waals surface area (Å²) in [5.41, 5.74) is 3.71. The molecule has 1 N–H and O–H groups in total. The molecule has 0 atom stereocenters. The summed E-state index contributed by atoms with van der Waals surface area (Å²) in [6.07, 6.45) is 8.74. The first-order valence-electron chi connectivity index (χ1n) is 7.66. The number of hydrogen-bond acceptors (Lipinski definition) is 3. The Hall–Kier alpha value is -3.21. The molecule has 0 aliphatic rings. The SMILES string of the molecule is Cn1cc(-c2ncccc2CNC(=O)/C=C/c2ccccc2)cn1. The molecule has 2 heterocycles. The predicted octanol–water partition coefficient (Wildman–Crippen LogP) is 2.81. The molecular weight excluding hydrogens is 300 g/mol. The maximum absolute atomic E-state index is 12.0. The van der Waals surface area contributed by atoms with Crippen molar-refractivity contribution in [1.82, 2.24) is 20.1 Å². The van der Waals surface area contributed by atoms with Crippen molar-refractivity contribution in [3.63, 3.8) is 0 Å². The van der Waals surface area contributed by atoms with Crippen LogP contribution in [0.2, 0.25) is 0 Å². The highest BCUT2D eigenvalue weighted by molar-refractivity contribution is 5.91. The summed E-state index contributed by atoms with van der Waals surface area (Å²) in [7, 11) is 1.86. The van der Waals surface area contributed by atoms with E-state index in [1.165, 1.54) is 6.08 Å². The first kappa shape index (κ1) is 15.7. The molecule has 5 heteroatoms. The van der Waals surface area contributed by atoms with Crippen LogP contribution in [-0.4, -0.2) is 20.7 Å². The molecule has 0 aliphatic heterocycles. The van der Waals surface area contributed by atoms with Gasteiger partial charge in [0.15, 0.2) is 0 Å². The number of pyridine rings is 1. The fraction of sp³-hybridized carbons (Fsp3) is 0.105. The quantitative estimate of drug-likeness (QED) is 0.736. The molecule has 0 unspecified atom stereocenters. The average Bonchev–Trinajstić information content (AvgIpc) is 3.05. The number of carbonyl (C=O) groups excluding carboxylic acids is 1. The topological polar surface area (TPSA) is 59.8 Å². The zero-order valence-electron chi connectivity index (χ0n) is 13.4. The number of aryl methyl sites for hydroxylation is 1. The number of rotatable bonds is 5. The number of hydrogen-bond donors (Lipinski definition) is 1. The number of nitrogens with one attached hydrogen (secondary N) is 1. The summed E-state index contributed by atoms with van der Waals surface area (Å²) in [6, 6.07) is 13.5. The van der Waals surface area contributed by atoms with Crippen LogP contribution in [0.4, 0.5) is 0 Å². The molecule has 0 saturated heterocycles. The standard InChI is InChI=1S/C19H18N4O/c1-23-14-17(13-22-23)19-16(8-5-11-20-19)12-21-18(24)10-9-15-6-3-2-4-7-15/h2-11,13-14H,12H2,1H3,(H,21,24)/b10-9+. The van der Waals surface area contributed by atoms with Crippen LogP contribution in [0.25, 0.3) is 17.3 Å². The minimum atomic E-state index is -0.139. The van der Waals surface area contributed by atoms with Crippen LogP contribution < -0.4 is 5.32 Å². The molecule has 24 heavy (non-hydrogen) atoms. The normalized spacial score (nSPS) is 10.9. The number of nitrogens with zero attached hydrogens (tertiary/aromatic N) is 3. The van der Waals surface area contributed by atoms with Gasteiger partial charge in [-0.1, -0.05) is 36.4 Å². The van der Waals surface area contributed by atoms with Crippen LogP contribution in [0.3, 0.4) is 0 Å². The molecular formula is C19H18N4O. The largest absolute Gasteiger partial charge is 0.348 e. The Bertz CT molecular complexity index is 853. The molecule has 2 aromatic heterocycles. The molecule has 1 amide bonds. The van der Waals surface area contributed by atoms with E-state index < -0.39 is 0 Å². The molecule has 0 spiro atoms. The van der Waals surface area contributed by atoms with E-state index in [9.17, 15) is 4.79 Å². The lowest BCUT2D eigenvalue weighted by molar-refractivity contribution is -0.116. The first-order valence-corrected chi connectivity index (χ1v) is 7.66. The van der Waals surface area contributed by atoms with Gasteiger partial charge in [-0.15, -0.1) is 0 Å². The Morgan fingerprint density at radius 2 is 2.04 bits per heavy atom. The van der Waals surface area contributed by atoms with E-state index in [2.05, 4.69) is 15.4 Å². The minimum Gasteiger partial charge on any atom is -0.348 e. The number of carbonyl (C=O) groups is 1. The van der Waals surface area contributed by atoms with Crippen LogP contribution in [0, 0.1) is 0 Å². The van der Waals surface area contributed by atoms with Gasteiger partial charge in [-0.2, -0.15) is 5.10 Å². The van der Waals surface area contributed by atoms with Crippen molar-refractivity contribution in [2.75, 3.05) is 0 Å². The highest BCUT2D eigenvalue weighted by atomic mass is 16.1. The summed E-state index contributed by atoms with van der Waals surface area (Å²) in [5, 5.41) is 7.06. The third-order valence-corrected chi connectivity index (χ3v) is 3.55. The molecule has 120 valence electrons. The third-order valence-electron chi connectivity index (χ3n) is 3.55. The van der Waals surface area contributed by atoms with Crippen molar-refractivity contribution >= 4 is 12.0 Å². The van der Waals surface area contributed by atoms with Crippen LogP contribution in [0.15, 0.2) is 67.1 Å². The summed E-state index contributed by atoms with van der Waals surface area (Å²) in [5.74, 6) is -0.139. The summed E-state index contributed by atoms with van der Waals surface area (Å²) >= 11 is 0. The molecule has 0 radical (unpaired) electrons. The zero-order chi connectivity index (χ0) is 16.8. The second-order valence-electron chi connectivity index (χ2n) is 5.38. The van der Waals surface area contributed by atoms with E-state index >= 15 is 0 Å². The smallest absolute Gasteiger partial charge is 0.244 e. The molecule has 1 aromatic carbocycles. The van der Waals surface area contributed by atoms with Gasteiger partial charge in [0.1, 0.15) is 0 Å². The predicted molar refractivity (Wildman–Crippen MR) is 93.8 cm³/mol. The number of amides is 1. The summed E-state index contributed by atoms with van der Waals surface area (Å²) in [6.45, 7) is 0.413. The van der Waals surface area contributed by atoms with Crippen LogP contribution >= 0.6 is 0 Å².